The van der Waals surface area contributed by atoms with Crippen molar-refractivity contribution in [2.24, 2.45) is 10.9 Å². The van der Waals surface area contributed by atoms with Crippen LogP contribution in [0.2, 0.25) is 0 Å². The second-order valence-corrected chi connectivity index (χ2v) is 3.73. The third-order valence-electron chi connectivity index (χ3n) is 2.18. The second-order valence-electron chi connectivity index (χ2n) is 3.24. The lowest BCUT2D eigenvalue weighted by Crippen LogP contribution is -2.26. The Bertz CT molecular complexity index is 266. The molecule has 0 aromatic carbocycles. The van der Waals surface area contributed by atoms with Gasteiger partial charge in [-0.05, 0) is 13.3 Å². The molecule has 1 unspecified atom stereocenters. The van der Waals surface area contributed by atoms with E-state index in [1.807, 2.05) is 13.1 Å². The maximum atomic E-state index is 5.94. The summed E-state index contributed by atoms with van der Waals surface area (Å²) in [6.07, 6.45) is 8.00. The summed E-state index contributed by atoms with van der Waals surface area (Å²) in [5.41, 5.74) is 0. The molecular weight excluding hydrogens is 196 g/mol. The molecule has 0 saturated heterocycles. The van der Waals surface area contributed by atoms with Gasteiger partial charge in [0.1, 0.15) is 5.84 Å². The molecule has 1 heterocycles. The highest BCUT2D eigenvalue weighted by molar-refractivity contribution is 6.29. The van der Waals surface area contributed by atoms with Gasteiger partial charge in [0.05, 0.1) is 0 Å². The molecule has 0 saturated carbocycles. The molecule has 1 aliphatic heterocycles. The van der Waals surface area contributed by atoms with E-state index in [0.29, 0.717) is 5.92 Å². The number of nitrogens with one attached hydrogen (secondary N) is 1. The minimum atomic E-state index is 0.399. The minimum Gasteiger partial charge on any atom is -0.349 e. The third kappa shape index (κ3) is 3.18. The number of hydrogen-bond acceptors (Lipinski definition) is 1. The Morgan fingerprint density at radius 1 is 1.57 bits per heavy atom. The summed E-state index contributed by atoms with van der Waals surface area (Å²) in [5.74, 6) is 1.42. The van der Waals surface area contributed by atoms with E-state index >= 15 is 0 Å². The monoisotopic (exact) mass is 212 g/mol. The lowest BCUT2D eigenvalue weighted by atomic mass is 10.0. The summed E-state index contributed by atoms with van der Waals surface area (Å²) in [6, 6.07) is 0. The number of rotatable bonds is 2. The zero-order valence-corrected chi connectivity index (χ0v) is 9.51. The zero-order chi connectivity index (χ0) is 10.4. The van der Waals surface area contributed by atoms with Crippen molar-refractivity contribution in [2.45, 2.75) is 26.7 Å². The molecule has 0 spiro atoms. The van der Waals surface area contributed by atoms with Crippen molar-refractivity contribution in [3.05, 3.63) is 23.4 Å². The first-order valence-corrected chi connectivity index (χ1v) is 5.47. The van der Waals surface area contributed by atoms with E-state index in [1.165, 1.54) is 0 Å². The fraction of sp³-hybridized carbons (Fsp3) is 0.545. The molecule has 1 atom stereocenters. The van der Waals surface area contributed by atoms with Crippen molar-refractivity contribution in [1.82, 2.24) is 5.32 Å². The Morgan fingerprint density at radius 2 is 2.36 bits per heavy atom. The average Bonchev–Trinajstić information content (AvgIpc) is 2.17. The van der Waals surface area contributed by atoms with Crippen molar-refractivity contribution >= 4 is 17.4 Å². The fourth-order valence-electron chi connectivity index (χ4n) is 1.42. The molecule has 0 aromatic heterocycles. The Kier molecular flexibility index (Phi) is 4.74. The van der Waals surface area contributed by atoms with Crippen LogP contribution in [0, 0.1) is 5.92 Å². The van der Waals surface area contributed by atoms with E-state index in [9.17, 15) is 0 Å². The van der Waals surface area contributed by atoms with Crippen LogP contribution in [0.1, 0.15) is 26.7 Å². The molecule has 0 amide bonds. The number of allylic oxidation sites excluding steroid dienone is 2. The molecule has 0 aromatic rings. The maximum absolute atomic E-state index is 5.94. The van der Waals surface area contributed by atoms with Gasteiger partial charge in [0.25, 0.3) is 0 Å². The van der Waals surface area contributed by atoms with E-state index in [4.69, 9.17) is 11.6 Å². The van der Waals surface area contributed by atoms with Crippen molar-refractivity contribution in [1.29, 1.82) is 0 Å². The first-order valence-electron chi connectivity index (χ1n) is 5.10. The van der Waals surface area contributed by atoms with Gasteiger partial charge >= 0.3 is 0 Å². The highest BCUT2D eigenvalue weighted by Gasteiger charge is 2.10. The van der Waals surface area contributed by atoms with Gasteiger partial charge in [0.2, 0.25) is 0 Å². The van der Waals surface area contributed by atoms with Gasteiger partial charge < -0.3 is 5.32 Å². The highest BCUT2D eigenvalue weighted by Crippen LogP contribution is 2.14. The van der Waals surface area contributed by atoms with Crippen LogP contribution in [0.3, 0.4) is 0 Å². The SMILES string of the molecule is CCN=C1N/C=C(/Cl)CC=CC1CC. The molecule has 1 N–H and O–H groups in total. The summed E-state index contributed by atoms with van der Waals surface area (Å²) in [5, 5.41) is 4.00. The van der Waals surface area contributed by atoms with E-state index in [-0.39, 0.29) is 0 Å². The van der Waals surface area contributed by atoms with Crippen LogP contribution < -0.4 is 5.32 Å². The van der Waals surface area contributed by atoms with Crippen LogP contribution in [0.25, 0.3) is 0 Å². The quantitative estimate of drug-likeness (QED) is 0.700. The molecule has 3 heteroatoms. The number of nitrogens with zero attached hydrogens (tertiary/aromatic N) is 1. The Balaban J connectivity index is 2.81. The topological polar surface area (TPSA) is 24.4 Å². The first-order chi connectivity index (χ1) is 6.77. The number of hydrogen-bond donors (Lipinski definition) is 1. The van der Waals surface area contributed by atoms with Gasteiger partial charge in [-0.3, -0.25) is 4.99 Å². The summed E-state index contributed by atoms with van der Waals surface area (Å²) in [4.78, 5) is 4.42. The van der Waals surface area contributed by atoms with Crippen LogP contribution in [0.5, 0.6) is 0 Å². The van der Waals surface area contributed by atoms with E-state index in [2.05, 4.69) is 29.4 Å². The Morgan fingerprint density at radius 3 is 3.00 bits per heavy atom. The van der Waals surface area contributed by atoms with Crippen LogP contribution in [-0.2, 0) is 0 Å². The fourth-order valence-corrected chi connectivity index (χ4v) is 1.56. The van der Waals surface area contributed by atoms with E-state index in [1.54, 1.807) is 0 Å². The van der Waals surface area contributed by atoms with Gasteiger partial charge in [-0.1, -0.05) is 30.7 Å². The molecule has 0 fully saturated rings. The predicted octanol–water partition coefficient (Wildman–Crippen LogP) is 3.06. The van der Waals surface area contributed by atoms with Crippen LogP contribution >= 0.6 is 11.6 Å². The summed E-state index contributed by atoms with van der Waals surface area (Å²) in [7, 11) is 0. The largest absolute Gasteiger partial charge is 0.349 e. The summed E-state index contributed by atoms with van der Waals surface area (Å²) in [6.45, 7) is 5.00. The van der Waals surface area contributed by atoms with Crippen molar-refractivity contribution in [2.75, 3.05) is 6.54 Å². The predicted molar refractivity (Wildman–Crippen MR) is 62.6 cm³/mol. The molecule has 0 bridgehead atoms. The molecule has 1 aliphatic rings. The Labute approximate surface area is 90.8 Å². The number of halogens is 1. The molecule has 1 rings (SSSR count). The number of aliphatic imine (C=N–C) groups is 1. The van der Waals surface area contributed by atoms with Gasteiger partial charge in [-0.25, -0.2) is 0 Å². The molecular formula is C11H17ClN2. The van der Waals surface area contributed by atoms with Crippen LogP contribution in [0.15, 0.2) is 28.4 Å². The van der Waals surface area contributed by atoms with E-state index in [0.717, 1.165) is 30.3 Å². The Hall–Kier alpha value is -0.760. The lowest BCUT2D eigenvalue weighted by Gasteiger charge is -2.16. The van der Waals surface area contributed by atoms with Crippen molar-refractivity contribution in [3.8, 4) is 0 Å². The standard InChI is InChI=1S/C11H17ClN2/c1-3-9-6-5-7-10(12)8-14-11(9)13-4-2/h5-6,8-9H,3-4,7H2,1-2H3,(H,13,14)/b6-5?,10-8+. The second kappa shape index (κ2) is 5.86. The lowest BCUT2D eigenvalue weighted by molar-refractivity contribution is 0.778. The average molecular weight is 213 g/mol. The molecule has 0 radical (unpaired) electrons. The van der Waals surface area contributed by atoms with Gasteiger partial charge in [-0.15, -0.1) is 0 Å². The van der Waals surface area contributed by atoms with Crippen LogP contribution in [0.4, 0.5) is 0 Å². The van der Waals surface area contributed by atoms with E-state index < -0.39 is 0 Å². The molecule has 14 heavy (non-hydrogen) atoms. The van der Waals surface area contributed by atoms with Gasteiger partial charge in [0, 0.05) is 30.1 Å². The molecule has 78 valence electrons. The van der Waals surface area contributed by atoms with Crippen LogP contribution in [-0.4, -0.2) is 12.4 Å². The maximum Gasteiger partial charge on any atom is 0.107 e. The normalized spacial score (nSPS) is 28.9. The zero-order valence-electron chi connectivity index (χ0n) is 8.76. The minimum absolute atomic E-state index is 0.399. The van der Waals surface area contributed by atoms with Crippen molar-refractivity contribution in [3.63, 3.8) is 0 Å². The summed E-state index contributed by atoms with van der Waals surface area (Å²) >= 11 is 5.94. The molecule has 0 aliphatic carbocycles. The first kappa shape index (κ1) is 11.3. The molecule has 2 nitrogen and oxygen atoms in total. The smallest absolute Gasteiger partial charge is 0.107 e. The highest BCUT2D eigenvalue weighted by atomic mass is 35.5. The van der Waals surface area contributed by atoms with Crippen molar-refractivity contribution < 1.29 is 0 Å². The van der Waals surface area contributed by atoms with Gasteiger partial charge in [0.15, 0.2) is 0 Å². The number of amidine groups is 1. The van der Waals surface area contributed by atoms with Gasteiger partial charge in [-0.2, -0.15) is 0 Å². The third-order valence-corrected chi connectivity index (χ3v) is 2.44. The summed E-state index contributed by atoms with van der Waals surface area (Å²) < 4.78 is 0.